The molecular weight excluding hydrogens is 184 g/mol. The Balaban J connectivity index is 2.51. The van der Waals surface area contributed by atoms with Crippen molar-refractivity contribution in [2.24, 2.45) is 0 Å². The van der Waals surface area contributed by atoms with Crippen LogP contribution in [0.4, 0.5) is 0 Å². The molecule has 1 aromatic carbocycles. The molecule has 1 heterocycles. The number of para-hydroxylation sites is 1. The van der Waals surface area contributed by atoms with E-state index in [1.807, 2.05) is 0 Å². The van der Waals surface area contributed by atoms with Crippen molar-refractivity contribution in [2.75, 3.05) is 0 Å². The van der Waals surface area contributed by atoms with Crippen molar-refractivity contribution >= 4 is 11.9 Å². The van der Waals surface area contributed by atoms with Gasteiger partial charge in [0.05, 0.1) is 0 Å². The van der Waals surface area contributed by atoms with Gasteiger partial charge in [0.1, 0.15) is 6.42 Å². The highest BCUT2D eigenvalue weighted by Crippen LogP contribution is 2.32. The van der Waals surface area contributed by atoms with E-state index in [-0.39, 0.29) is 6.42 Å². The highest BCUT2D eigenvalue weighted by Gasteiger charge is 2.23. The average Bonchev–Trinajstić information content (AvgIpc) is 2.23. The Morgan fingerprint density at radius 1 is 1.14 bits per heavy atom. The number of hydrogen-bond acceptors (Lipinski definition) is 4. The Kier molecular flexibility index (Phi) is 1.96. The molecule has 4 heteroatoms. The van der Waals surface area contributed by atoms with Crippen LogP contribution < -0.4 is 9.47 Å². The fourth-order valence-corrected chi connectivity index (χ4v) is 1.26. The average molecular weight is 192 g/mol. The molecule has 0 aromatic heterocycles. The standard InChI is InChI=1S/C10H8O4/c1-6-3-2-4-7-10(6)14-9(12)5-8(11)13-7/h2-4H,5H2,1H3. The van der Waals surface area contributed by atoms with Crippen LogP contribution in [0.1, 0.15) is 12.0 Å². The van der Waals surface area contributed by atoms with Gasteiger partial charge < -0.3 is 9.47 Å². The summed E-state index contributed by atoms with van der Waals surface area (Å²) >= 11 is 0. The molecule has 72 valence electrons. The predicted octanol–water partition coefficient (Wildman–Crippen LogP) is 1.21. The summed E-state index contributed by atoms with van der Waals surface area (Å²) < 4.78 is 9.90. The molecule has 4 nitrogen and oxygen atoms in total. The van der Waals surface area contributed by atoms with E-state index < -0.39 is 11.9 Å². The molecule has 1 aliphatic heterocycles. The summed E-state index contributed by atoms with van der Waals surface area (Å²) in [6, 6.07) is 5.12. The lowest BCUT2D eigenvalue weighted by molar-refractivity contribution is -0.142. The zero-order valence-corrected chi connectivity index (χ0v) is 7.57. The first-order valence-corrected chi connectivity index (χ1v) is 4.18. The second-order valence-corrected chi connectivity index (χ2v) is 3.03. The molecule has 0 saturated carbocycles. The quantitative estimate of drug-likeness (QED) is 0.352. The van der Waals surface area contributed by atoms with E-state index in [1.54, 1.807) is 25.1 Å². The van der Waals surface area contributed by atoms with Gasteiger partial charge in [-0.05, 0) is 18.6 Å². The minimum atomic E-state index is -0.584. The maximum absolute atomic E-state index is 11.1. The molecule has 0 saturated heterocycles. The van der Waals surface area contributed by atoms with Crippen molar-refractivity contribution in [3.63, 3.8) is 0 Å². The number of carbonyl (C=O) groups is 2. The van der Waals surface area contributed by atoms with E-state index in [0.717, 1.165) is 5.56 Å². The Labute approximate surface area is 80.4 Å². The van der Waals surface area contributed by atoms with Crippen molar-refractivity contribution in [1.29, 1.82) is 0 Å². The smallest absolute Gasteiger partial charge is 0.322 e. The van der Waals surface area contributed by atoms with Crippen LogP contribution in [0, 0.1) is 6.92 Å². The van der Waals surface area contributed by atoms with E-state index in [2.05, 4.69) is 0 Å². The zero-order valence-electron chi connectivity index (χ0n) is 7.57. The number of benzene rings is 1. The number of aryl methyl sites for hydroxylation is 1. The number of carbonyl (C=O) groups excluding carboxylic acids is 2. The molecule has 1 aromatic rings. The monoisotopic (exact) mass is 192 g/mol. The van der Waals surface area contributed by atoms with Crippen molar-refractivity contribution < 1.29 is 19.1 Å². The highest BCUT2D eigenvalue weighted by atomic mass is 16.6. The normalized spacial score (nSPS) is 15.2. The number of hydrogen-bond donors (Lipinski definition) is 0. The van der Waals surface area contributed by atoms with Gasteiger partial charge in [0.25, 0.3) is 0 Å². The molecule has 0 amide bonds. The molecule has 0 atom stereocenters. The van der Waals surface area contributed by atoms with Gasteiger partial charge in [-0.2, -0.15) is 0 Å². The fraction of sp³-hybridized carbons (Fsp3) is 0.200. The number of rotatable bonds is 0. The molecule has 0 spiro atoms. The van der Waals surface area contributed by atoms with E-state index in [0.29, 0.717) is 11.5 Å². The Morgan fingerprint density at radius 2 is 1.86 bits per heavy atom. The van der Waals surface area contributed by atoms with Crippen LogP contribution in [0.5, 0.6) is 11.5 Å². The summed E-state index contributed by atoms with van der Waals surface area (Å²) in [7, 11) is 0. The summed E-state index contributed by atoms with van der Waals surface area (Å²) in [5.74, 6) is -0.522. The lowest BCUT2D eigenvalue weighted by atomic mass is 10.2. The second kappa shape index (κ2) is 3.14. The van der Waals surface area contributed by atoms with Gasteiger partial charge in [-0.25, -0.2) is 0 Å². The first kappa shape index (κ1) is 8.74. The van der Waals surface area contributed by atoms with Crippen molar-refractivity contribution in [3.05, 3.63) is 23.8 Å². The predicted molar refractivity (Wildman–Crippen MR) is 47.1 cm³/mol. The van der Waals surface area contributed by atoms with Crippen LogP contribution >= 0.6 is 0 Å². The van der Waals surface area contributed by atoms with Gasteiger partial charge in [-0.3, -0.25) is 9.59 Å². The minimum Gasteiger partial charge on any atom is -0.422 e. The van der Waals surface area contributed by atoms with Gasteiger partial charge in [0.2, 0.25) is 0 Å². The topological polar surface area (TPSA) is 52.6 Å². The molecular formula is C10H8O4. The van der Waals surface area contributed by atoms with Crippen LogP contribution in [-0.2, 0) is 9.59 Å². The third kappa shape index (κ3) is 1.46. The maximum Gasteiger partial charge on any atom is 0.322 e. The number of ether oxygens (including phenoxy) is 2. The summed E-state index contributed by atoms with van der Waals surface area (Å²) in [5.41, 5.74) is 0.769. The SMILES string of the molecule is Cc1cccc2c1OC(=O)CC(=O)O2. The molecule has 0 aliphatic carbocycles. The first-order chi connectivity index (χ1) is 6.66. The van der Waals surface area contributed by atoms with Gasteiger partial charge in [-0.1, -0.05) is 12.1 Å². The zero-order chi connectivity index (χ0) is 10.1. The minimum absolute atomic E-state index is 0.306. The van der Waals surface area contributed by atoms with Crippen LogP contribution in [0.15, 0.2) is 18.2 Å². The highest BCUT2D eigenvalue weighted by molar-refractivity contribution is 5.95. The van der Waals surface area contributed by atoms with E-state index in [9.17, 15) is 9.59 Å². The van der Waals surface area contributed by atoms with Crippen molar-refractivity contribution in [1.82, 2.24) is 0 Å². The van der Waals surface area contributed by atoms with Crippen LogP contribution in [-0.4, -0.2) is 11.9 Å². The molecule has 0 radical (unpaired) electrons. The lowest BCUT2D eigenvalue weighted by Gasteiger charge is -2.06. The molecule has 2 rings (SSSR count). The third-order valence-electron chi connectivity index (χ3n) is 1.90. The Morgan fingerprint density at radius 3 is 2.64 bits per heavy atom. The van der Waals surface area contributed by atoms with E-state index >= 15 is 0 Å². The first-order valence-electron chi connectivity index (χ1n) is 4.18. The van der Waals surface area contributed by atoms with Gasteiger partial charge in [0, 0.05) is 0 Å². The number of fused-ring (bicyclic) bond motifs is 1. The van der Waals surface area contributed by atoms with Crippen LogP contribution in [0.3, 0.4) is 0 Å². The molecule has 1 aliphatic rings. The molecule has 0 N–H and O–H groups in total. The Bertz CT molecular complexity index is 409. The second-order valence-electron chi connectivity index (χ2n) is 3.03. The van der Waals surface area contributed by atoms with Crippen molar-refractivity contribution in [2.45, 2.75) is 13.3 Å². The molecule has 0 bridgehead atoms. The van der Waals surface area contributed by atoms with Gasteiger partial charge in [0.15, 0.2) is 11.5 Å². The fourth-order valence-electron chi connectivity index (χ4n) is 1.26. The molecule has 0 fully saturated rings. The van der Waals surface area contributed by atoms with E-state index in [4.69, 9.17) is 9.47 Å². The van der Waals surface area contributed by atoms with Crippen molar-refractivity contribution in [3.8, 4) is 11.5 Å². The number of esters is 2. The van der Waals surface area contributed by atoms with Crippen LogP contribution in [0.2, 0.25) is 0 Å². The lowest BCUT2D eigenvalue weighted by Crippen LogP contribution is -2.13. The van der Waals surface area contributed by atoms with Crippen LogP contribution in [0.25, 0.3) is 0 Å². The third-order valence-corrected chi connectivity index (χ3v) is 1.90. The summed E-state index contributed by atoms with van der Waals surface area (Å²) in [6.45, 7) is 1.78. The maximum atomic E-state index is 11.1. The summed E-state index contributed by atoms with van der Waals surface area (Å²) in [5, 5.41) is 0. The van der Waals surface area contributed by atoms with E-state index in [1.165, 1.54) is 0 Å². The van der Waals surface area contributed by atoms with Gasteiger partial charge >= 0.3 is 11.9 Å². The Hall–Kier alpha value is -1.84. The summed E-state index contributed by atoms with van der Waals surface area (Å²) in [4.78, 5) is 22.1. The summed E-state index contributed by atoms with van der Waals surface area (Å²) in [6.07, 6.45) is -0.339. The molecule has 14 heavy (non-hydrogen) atoms. The van der Waals surface area contributed by atoms with Gasteiger partial charge in [-0.15, -0.1) is 0 Å². The molecule has 0 unspecified atom stereocenters. The largest absolute Gasteiger partial charge is 0.422 e.